The second-order valence-corrected chi connectivity index (χ2v) is 20.6. The van der Waals surface area contributed by atoms with Gasteiger partial charge in [0.05, 0.1) is 23.6 Å². The molecule has 3 aliphatic rings. The zero-order valence-electron chi connectivity index (χ0n) is 43.2. The van der Waals surface area contributed by atoms with Crippen molar-refractivity contribution in [2.45, 2.75) is 121 Å². The molecule has 398 valence electrons. The number of benzene rings is 4. The minimum Gasteiger partial charge on any atom is -0.444 e. The molecule has 8 amide bonds. The van der Waals surface area contributed by atoms with Gasteiger partial charge in [-0.1, -0.05) is 91.0 Å². The van der Waals surface area contributed by atoms with E-state index in [2.05, 4.69) is 21.3 Å². The SMILES string of the molecule is Cn1c(=O)n(C2CCC(=O)NC2=O)c2ccc(CCc3ccccc3CCC(=O)N3C/C=C4/CC[C@@H](C(=O)N[C@@H](CCC(N)=O)C(=O)NC(c5ccccc5)c5ccccc5)N4C(=O)[C@@H](NC(=O)OC(C)(C)C)C3)cc21. The summed E-state index contributed by atoms with van der Waals surface area (Å²) in [5, 5.41) is 10.9. The van der Waals surface area contributed by atoms with Crippen molar-refractivity contribution >= 4 is 58.5 Å². The van der Waals surface area contributed by atoms with E-state index in [9.17, 15) is 43.2 Å². The Morgan fingerprint density at radius 2 is 1.43 bits per heavy atom. The Morgan fingerprint density at radius 3 is 2.08 bits per heavy atom. The quantitative estimate of drug-likeness (QED) is 0.0826. The Bertz CT molecular complexity index is 3080. The number of hydrogen-bond acceptors (Lipinski definition) is 10. The van der Waals surface area contributed by atoms with E-state index in [-0.39, 0.29) is 75.5 Å². The van der Waals surface area contributed by atoms with E-state index in [0.717, 1.165) is 27.8 Å². The van der Waals surface area contributed by atoms with Crippen LogP contribution in [0.2, 0.25) is 0 Å². The zero-order valence-corrected chi connectivity index (χ0v) is 43.2. The molecule has 0 saturated carbocycles. The fourth-order valence-electron chi connectivity index (χ4n) is 10.2. The van der Waals surface area contributed by atoms with Crippen LogP contribution in [0.1, 0.15) is 106 Å². The molecule has 2 saturated heterocycles. The molecule has 4 aromatic carbocycles. The van der Waals surface area contributed by atoms with E-state index in [4.69, 9.17) is 10.5 Å². The molecule has 0 aliphatic carbocycles. The fourth-order valence-corrected chi connectivity index (χ4v) is 10.2. The molecule has 2 fully saturated rings. The van der Waals surface area contributed by atoms with Crippen LogP contribution in [0.4, 0.5) is 4.79 Å². The molecule has 4 atom stereocenters. The third-order valence-electron chi connectivity index (χ3n) is 14.1. The summed E-state index contributed by atoms with van der Waals surface area (Å²) in [6, 6.07) is 27.1. The van der Waals surface area contributed by atoms with E-state index in [1.807, 2.05) is 103 Å². The van der Waals surface area contributed by atoms with Crippen LogP contribution in [0.25, 0.3) is 11.0 Å². The summed E-state index contributed by atoms with van der Waals surface area (Å²) in [5.41, 5.74) is 10.5. The van der Waals surface area contributed by atoms with Crippen LogP contribution in [0, 0.1) is 0 Å². The smallest absolute Gasteiger partial charge is 0.408 e. The summed E-state index contributed by atoms with van der Waals surface area (Å²) in [5.74, 6) is -3.64. The summed E-state index contributed by atoms with van der Waals surface area (Å²) < 4.78 is 8.52. The molecule has 0 radical (unpaired) electrons. The normalized spacial score (nSPS) is 18.9. The first-order valence-corrected chi connectivity index (χ1v) is 25.7. The number of alkyl carbamates (subject to hydrolysis) is 1. The predicted octanol–water partition coefficient (Wildman–Crippen LogP) is 4.30. The summed E-state index contributed by atoms with van der Waals surface area (Å²) in [6.45, 7) is 4.88. The molecular weight excluding hydrogens is 971 g/mol. The monoisotopic (exact) mass is 1040 g/mol. The van der Waals surface area contributed by atoms with Crippen LogP contribution in [0.3, 0.4) is 0 Å². The van der Waals surface area contributed by atoms with Gasteiger partial charge in [0.1, 0.15) is 29.8 Å². The highest BCUT2D eigenvalue weighted by Gasteiger charge is 2.44. The van der Waals surface area contributed by atoms with Gasteiger partial charge in [-0.2, -0.15) is 0 Å². The van der Waals surface area contributed by atoms with Crippen LogP contribution in [0.5, 0.6) is 0 Å². The number of nitrogens with two attached hydrogens (primary N) is 1. The number of nitrogens with one attached hydrogen (secondary N) is 4. The van der Waals surface area contributed by atoms with Gasteiger partial charge in [-0.3, -0.25) is 48.0 Å². The molecule has 1 aromatic heterocycles. The Balaban J connectivity index is 0.967. The van der Waals surface area contributed by atoms with Gasteiger partial charge in [-0.25, -0.2) is 9.59 Å². The number of carbonyl (C=O) groups is 8. The maximum atomic E-state index is 14.8. The first-order chi connectivity index (χ1) is 36.3. The maximum Gasteiger partial charge on any atom is 0.408 e. The Kier molecular flexibility index (Phi) is 16.6. The number of fused-ring (bicyclic) bond motifs is 2. The van der Waals surface area contributed by atoms with Crippen molar-refractivity contribution < 1.29 is 43.1 Å². The number of primary amides is 1. The number of aromatic nitrogens is 2. The second kappa shape index (κ2) is 23.5. The van der Waals surface area contributed by atoms with E-state index < -0.39 is 71.4 Å². The van der Waals surface area contributed by atoms with E-state index in [0.29, 0.717) is 36.0 Å². The molecule has 19 heteroatoms. The average molecular weight is 1040 g/mol. The number of imide groups is 1. The van der Waals surface area contributed by atoms with Crippen LogP contribution in [-0.2, 0) is 64.6 Å². The molecule has 4 heterocycles. The minimum atomic E-state index is -1.33. The lowest BCUT2D eigenvalue weighted by atomic mass is 9.96. The van der Waals surface area contributed by atoms with Gasteiger partial charge in [0.15, 0.2) is 0 Å². The molecule has 0 spiro atoms. The highest BCUT2D eigenvalue weighted by molar-refractivity contribution is 6.00. The number of carbonyl (C=O) groups excluding carboxylic acids is 8. The molecule has 3 aliphatic heterocycles. The van der Waals surface area contributed by atoms with E-state index >= 15 is 0 Å². The van der Waals surface area contributed by atoms with Crippen LogP contribution in [0.15, 0.2) is 120 Å². The summed E-state index contributed by atoms with van der Waals surface area (Å²) in [4.78, 5) is 124. The summed E-state index contributed by atoms with van der Waals surface area (Å²) in [6.07, 6.45) is 3.05. The van der Waals surface area contributed by atoms with Crippen LogP contribution >= 0.6 is 0 Å². The van der Waals surface area contributed by atoms with Crippen LogP contribution < -0.4 is 32.7 Å². The number of allylic oxidation sites excluding steroid dienone is 1. The summed E-state index contributed by atoms with van der Waals surface area (Å²) >= 11 is 0. The zero-order chi connectivity index (χ0) is 54.3. The van der Waals surface area contributed by atoms with E-state index in [1.54, 1.807) is 33.9 Å². The lowest BCUT2D eigenvalue weighted by Crippen LogP contribution is -2.59. The lowest BCUT2D eigenvalue weighted by molar-refractivity contribution is -0.141. The van der Waals surface area contributed by atoms with Crippen LogP contribution in [-0.4, -0.2) is 103 Å². The van der Waals surface area contributed by atoms with Gasteiger partial charge < -0.3 is 36.2 Å². The van der Waals surface area contributed by atoms with Crippen molar-refractivity contribution in [2.75, 3.05) is 13.1 Å². The number of hydrogen-bond donors (Lipinski definition) is 5. The highest BCUT2D eigenvalue weighted by Crippen LogP contribution is 2.31. The Morgan fingerprint density at radius 1 is 0.776 bits per heavy atom. The highest BCUT2D eigenvalue weighted by atomic mass is 16.6. The van der Waals surface area contributed by atoms with Gasteiger partial charge in [-0.05, 0) is 112 Å². The number of rotatable bonds is 17. The number of ether oxygens (including phenoxy) is 1. The molecular formula is C57H65N9O10. The number of amides is 8. The minimum absolute atomic E-state index is 0.0701. The van der Waals surface area contributed by atoms with E-state index in [1.165, 1.54) is 18.9 Å². The number of nitrogens with zero attached hydrogens (tertiary/aromatic N) is 4. The number of aryl methyl sites for hydroxylation is 4. The fraction of sp³-hybridized carbons (Fsp3) is 0.386. The molecule has 1 unspecified atom stereocenters. The Hall–Kier alpha value is -8.35. The molecule has 5 aromatic rings. The van der Waals surface area contributed by atoms with Crippen molar-refractivity contribution in [3.05, 3.63) is 153 Å². The average Bonchev–Trinajstić information content (AvgIpc) is 3.94. The molecule has 8 rings (SSSR count). The molecule has 0 bridgehead atoms. The van der Waals surface area contributed by atoms with Gasteiger partial charge in [0.2, 0.25) is 35.4 Å². The van der Waals surface area contributed by atoms with Crippen molar-refractivity contribution in [3.63, 3.8) is 0 Å². The molecule has 19 nitrogen and oxygen atoms in total. The van der Waals surface area contributed by atoms with Gasteiger partial charge in [0, 0.05) is 38.6 Å². The third-order valence-corrected chi connectivity index (χ3v) is 14.1. The largest absolute Gasteiger partial charge is 0.444 e. The first-order valence-electron chi connectivity index (χ1n) is 25.7. The van der Waals surface area contributed by atoms with Gasteiger partial charge >= 0.3 is 11.8 Å². The summed E-state index contributed by atoms with van der Waals surface area (Å²) in [7, 11) is 1.65. The van der Waals surface area contributed by atoms with Crippen molar-refractivity contribution in [3.8, 4) is 0 Å². The first kappa shape index (κ1) is 53.9. The predicted molar refractivity (Wildman–Crippen MR) is 282 cm³/mol. The maximum absolute atomic E-state index is 14.8. The Labute approximate surface area is 440 Å². The van der Waals surface area contributed by atoms with Crippen molar-refractivity contribution in [1.29, 1.82) is 0 Å². The molecule has 76 heavy (non-hydrogen) atoms. The van der Waals surface area contributed by atoms with Crippen molar-refractivity contribution in [1.82, 2.24) is 40.2 Å². The molecule has 6 N–H and O–H groups in total. The van der Waals surface area contributed by atoms with Crippen molar-refractivity contribution in [2.24, 2.45) is 12.8 Å². The third kappa shape index (κ3) is 12.8. The topological polar surface area (TPSA) is 253 Å². The van der Waals surface area contributed by atoms with Gasteiger partial charge in [0.25, 0.3) is 5.91 Å². The van der Waals surface area contributed by atoms with Gasteiger partial charge in [-0.15, -0.1) is 0 Å². The second-order valence-electron chi connectivity index (χ2n) is 20.6. The number of piperidine rings is 1. The lowest BCUT2D eigenvalue weighted by Gasteiger charge is -2.35. The standard InChI is InChI=1S/C57H65N9O10/c1-57(2,3)76-55(74)60-42-34-64(49(69)30-22-37-14-12-11-13-36(37)21-19-35-20-25-43-46(33-35)63(4)56(75)66(43)45-27-29-48(68)61-53(45)72)32-31-40-23-26-44(65(40)54(42)73)52(71)59-41(24-28-47(58)67)51(70)62-50(38-15-7-5-8-16-38)39-17-9-6-10-18-39/h5-18,20,25,31,33,41-42,44-45,50H,19,21-24,26-30,32,34H2,1-4H3,(H2,58,67)(H,59,71)(H,60,74)(H,62,70)(H,61,68,72)/b40-31-/t41-,42-,44-,45?/m0/s1. The number of imidazole rings is 1.